The molecular formula is C16H26N4O. The van der Waals surface area contributed by atoms with Gasteiger partial charge in [-0.2, -0.15) is 0 Å². The molecule has 3 rings (SSSR count). The van der Waals surface area contributed by atoms with Gasteiger partial charge in [0.25, 0.3) is 5.56 Å². The zero-order chi connectivity index (χ0) is 14.7. The predicted molar refractivity (Wildman–Crippen MR) is 84.9 cm³/mol. The fourth-order valence-corrected chi connectivity index (χ4v) is 3.18. The third-order valence-corrected chi connectivity index (χ3v) is 4.47. The Morgan fingerprint density at radius 3 is 3.00 bits per heavy atom. The SMILES string of the molecule is CCCNCC1CCCN(c2nccn(C3CC3)c2=O)C1. The van der Waals surface area contributed by atoms with Crippen molar-refractivity contribution in [2.24, 2.45) is 5.92 Å². The lowest BCUT2D eigenvalue weighted by molar-refractivity contribution is 0.390. The molecule has 2 aliphatic rings. The molecule has 0 radical (unpaired) electrons. The van der Waals surface area contributed by atoms with E-state index in [0.29, 0.717) is 17.8 Å². The number of piperidine rings is 1. The van der Waals surface area contributed by atoms with Crippen LogP contribution in [-0.4, -0.2) is 35.7 Å². The van der Waals surface area contributed by atoms with E-state index >= 15 is 0 Å². The van der Waals surface area contributed by atoms with Crippen molar-refractivity contribution >= 4 is 5.82 Å². The molecule has 0 amide bonds. The maximum Gasteiger partial charge on any atom is 0.293 e. The highest BCUT2D eigenvalue weighted by Crippen LogP contribution is 2.33. The summed E-state index contributed by atoms with van der Waals surface area (Å²) in [5, 5.41) is 3.50. The number of aromatic nitrogens is 2. The summed E-state index contributed by atoms with van der Waals surface area (Å²) in [7, 11) is 0. The van der Waals surface area contributed by atoms with Crippen LogP contribution in [0.2, 0.25) is 0 Å². The molecule has 2 heterocycles. The third kappa shape index (κ3) is 3.46. The Labute approximate surface area is 126 Å². The number of anilines is 1. The Kier molecular flexibility index (Phi) is 4.58. The molecule has 1 unspecified atom stereocenters. The predicted octanol–water partition coefficient (Wildman–Crippen LogP) is 1.79. The van der Waals surface area contributed by atoms with Crippen LogP contribution in [0.4, 0.5) is 5.82 Å². The molecule has 1 saturated heterocycles. The van der Waals surface area contributed by atoms with Crippen LogP contribution in [0.5, 0.6) is 0 Å². The topological polar surface area (TPSA) is 50.2 Å². The van der Waals surface area contributed by atoms with Gasteiger partial charge in [-0.1, -0.05) is 6.92 Å². The highest BCUT2D eigenvalue weighted by molar-refractivity contribution is 5.36. The largest absolute Gasteiger partial charge is 0.352 e. The summed E-state index contributed by atoms with van der Waals surface area (Å²) in [5.74, 6) is 1.28. The van der Waals surface area contributed by atoms with Crippen molar-refractivity contribution in [1.82, 2.24) is 14.9 Å². The van der Waals surface area contributed by atoms with E-state index < -0.39 is 0 Å². The minimum absolute atomic E-state index is 0.0992. The van der Waals surface area contributed by atoms with E-state index in [-0.39, 0.29) is 5.56 Å². The Morgan fingerprint density at radius 2 is 2.24 bits per heavy atom. The number of hydrogen-bond acceptors (Lipinski definition) is 4. The summed E-state index contributed by atoms with van der Waals surface area (Å²) in [6, 6.07) is 0.422. The number of hydrogen-bond donors (Lipinski definition) is 1. The molecule has 1 aromatic heterocycles. The standard InChI is InChI=1S/C16H26N4O/c1-2-7-17-11-13-4-3-9-19(12-13)15-16(21)20(10-8-18-15)14-5-6-14/h8,10,13-14,17H,2-7,9,11-12H2,1H3. The molecule has 5 heteroatoms. The van der Waals surface area contributed by atoms with Gasteiger partial charge in [-0.15, -0.1) is 0 Å². The fraction of sp³-hybridized carbons (Fsp3) is 0.750. The minimum atomic E-state index is 0.0992. The van der Waals surface area contributed by atoms with Gasteiger partial charge < -0.3 is 14.8 Å². The third-order valence-electron chi connectivity index (χ3n) is 4.47. The van der Waals surface area contributed by atoms with Gasteiger partial charge >= 0.3 is 0 Å². The van der Waals surface area contributed by atoms with Gasteiger partial charge in [-0.3, -0.25) is 4.79 Å². The van der Waals surface area contributed by atoms with E-state index in [9.17, 15) is 4.79 Å². The smallest absolute Gasteiger partial charge is 0.293 e. The molecular weight excluding hydrogens is 264 g/mol. The van der Waals surface area contributed by atoms with Crippen molar-refractivity contribution in [3.8, 4) is 0 Å². The first-order valence-corrected chi connectivity index (χ1v) is 8.32. The zero-order valence-electron chi connectivity index (χ0n) is 12.9. The summed E-state index contributed by atoms with van der Waals surface area (Å²) < 4.78 is 1.88. The summed E-state index contributed by atoms with van der Waals surface area (Å²) >= 11 is 0. The summed E-state index contributed by atoms with van der Waals surface area (Å²) in [6.45, 7) is 6.23. The fourth-order valence-electron chi connectivity index (χ4n) is 3.18. The van der Waals surface area contributed by atoms with Crippen LogP contribution in [0.15, 0.2) is 17.2 Å². The highest BCUT2D eigenvalue weighted by Gasteiger charge is 2.28. The maximum absolute atomic E-state index is 12.6. The van der Waals surface area contributed by atoms with E-state index in [0.717, 1.165) is 45.4 Å². The second-order valence-corrected chi connectivity index (χ2v) is 6.35. The Bertz CT molecular complexity index is 523. The normalized spacial score (nSPS) is 22.5. The second-order valence-electron chi connectivity index (χ2n) is 6.35. The van der Waals surface area contributed by atoms with Crippen molar-refractivity contribution in [3.05, 3.63) is 22.7 Å². The quantitative estimate of drug-likeness (QED) is 0.812. The van der Waals surface area contributed by atoms with Crippen LogP contribution in [0, 0.1) is 5.92 Å². The Hall–Kier alpha value is -1.36. The molecule has 1 saturated carbocycles. The Morgan fingerprint density at radius 1 is 1.38 bits per heavy atom. The lowest BCUT2D eigenvalue weighted by Crippen LogP contribution is -2.43. The van der Waals surface area contributed by atoms with Gasteiger partial charge in [0.05, 0.1) is 0 Å². The zero-order valence-corrected chi connectivity index (χ0v) is 12.9. The molecule has 2 fully saturated rings. The summed E-state index contributed by atoms with van der Waals surface area (Å²) in [5.41, 5.74) is 0.0992. The molecule has 1 aliphatic carbocycles. The molecule has 1 aliphatic heterocycles. The van der Waals surface area contributed by atoms with Crippen molar-refractivity contribution in [2.45, 2.75) is 45.1 Å². The van der Waals surface area contributed by atoms with Crippen LogP contribution >= 0.6 is 0 Å². The van der Waals surface area contributed by atoms with Crippen LogP contribution < -0.4 is 15.8 Å². The van der Waals surface area contributed by atoms with Gasteiger partial charge in [0.1, 0.15) is 0 Å². The van der Waals surface area contributed by atoms with Crippen LogP contribution in [0.3, 0.4) is 0 Å². The average molecular weight is 290 g/mol. The van der Waals surface area contributed by atoms with E-state index in [1.54, 1.807) is 6.20 Å². The summed E-state index contributed by atoms with van der Waals surface area (Å²) in [6.07, 6.45) is 9.46. The average Bonchev–Trinajstić information content (AvgIpc) is 3.33. The monoisotopic (exact) mass is 290 g/mol. The first-order valence-electron chi connectivity index (χ1n) is 8.32. The van der Waals surface area contributed by atoms with Gasteiger partial charge in [0.15, 0.2) is 5.82 Å². The summed E-state index contributed by atoms with van der Waals surface area (Å²) in [4.78, 5) is 19.1. The molecule has 5 nitrogen and oxygen atoms in total. The minimum Gasteiger partial charge on any atom is -0.352 e. The molecule has 0 aromatic carbocycles. The van der Waals surface area contributed by atoms with Gasteiger partial charge in [-0.25, -0.2) is 4.98 Å². The van der Waals surface area contributed by atoms with Crippen molar-refractivity contribution in [3.63, 3.8) is 0 Å². The van der Waals surface area contributed by atoms with Gasteiger partial charge in [0, 0.05) is 31.5 Å². The molecule has 21 heavy (non-hydrogen) atoms. The van der Waals surface area contributed by atoms with Crippen LogP contribution in [-0.2, 0) is 0 Å². The van der Waals surface area contributed by atoms with E-state index in [1.165, 1.54) is 12.8 Å². The highest BCUT2D eigenvalue weighted by atomic mass is 16.1. The van der Waals surface area contributed by atoms with E-state index in [4.69, 9.17) is 0 Å². The van der Waals surface area contributed by atoms with E-state index in [2.05, 4.69) is 22.1 Å². The van der Waals surface area contributed by atoms with E-state index in [1.807, 2.05) is 10.8 Å². The number of rotatable bonds is 6. The lowest BCUT2D eigenvalue weighted by atomic mass is 9.98. The molecule has 1 aromatic rings. The molecule has 0 spiro atoms. The molecule has 1 N–H and O–H groups in total. The van der Waals surface area contributed by atoms with Crippen LogP contribution in [0.25, 0.3) is 0 Å². The Balaban J connectivity index is 1.68. The van der Waals surface area contributed by atoms with Gasteiger partial charge in [0.2, 0.25) is 0 Å². The van der Waals surface area contributed by atoms with Crippen molar-refractivity contribution < 1.29 is 0 Å². The van der Waals surface area contributed by atoms with Gasteiger partial charge in [-0.05, 0) is 51.1 Å². The molecule has 1 atom stereocenters. The number of nitrogens with one attached hydrogen (secondary N) is 1. The maximum atomic E-state index is 12.6. The lowest BCUT2D eigenvalue weighted by Gasteiger charge is -2.33. The van der Waals surface area contributed by atoms with Crippen molar-refractivity contribution in [2.75, 3.05) is 31.1 Å². The first-order chi connectivity index (χ1) is 10.3. The first kappa shape index (κ1) is 14.6. The second kappa shape index (κ2) is 6.60. The molecule has 0 bridgehead atoms. The molecule has 116 valence electrons. The van der Waals surface area contributed by atoms with Crippen LogP contribution in [0.1, 0.15) is 45.1 Å². The van der Waals surface area contributed by atoms with Crippen molar-refractivity contribution in [1.29, 1.82) is 0 Å². The number of nitrogens with zero attached hydrogens (tertiary/aromatic N) is 3.